The van der Waals surface area contributed by atoms with Gasteiger partial charge in [0.25, 0.3) is 0 Å². The van der Waals surface area contributed by atoms with Crippen molar-refractivity contribution in [2.75, 3.05) is 19.7 Å². The van der Waals surface area contributed by atoms with Crippen LogP contribution < -0.4 is 15.4 Å². The van der Waals surface area contributed by atoms with E-state index >= 15 is 0 Å². The van der Waals surface area contributed by atoms with E-state index in [1.54, 1.807) is 0 Å². The highest BCUT2D eigenvalue weighted by molar-refractivity contribution is 5.85. The number of hydrogen-bond acceptors (Lipinski definition) is 3. The quantitative estimate of drug-likeness (QED) is 0.830. The SMILES string of the molecule is Cl.O=C(NC(COc1ccccc1)c1ccccc1)C1CCNCC1. The largest absolute Gasteiger partial charge is 0.491 e. The Morgan fingerprint density at radius 3 is 2.28 bits per heavy atom. The molecule has 5 heteroatoms. The van der Waals surface area contributed by atoms with E-state index in [4.69, 9.17) is 4.74 Å². The smallest absolute Gasteiger partial charge is 0.223 e. The maximum absolute atomic E-state index is 12.6. The minimum atomic E-state index is -0.145. The number of hydrogen-bond donors (Lipinski definition) is 2. The summed E-state index contributed by atoms with van der Waals surface area (Å²) in [7, 11) is 0. The Morgan fingerprint density at radius 2 is 1.64 bits per heavy atom. The molecule has 2 N–H and O–H groups in total. The summed E-state index contributed by atoms with van der Waals surface area (Å²) in [5.41, 5.74) is 1.07. The zero-order valence-corrected chi connectivity index (χ0v) is 15.0. The molecule has 134 valence electrons. The number of benzene rings is 2. The van der Waals surface area contributed by atoms with E-state index in [-0.39, 0.29) is 30.3 Å². The molecule has 0 saturated carbocycles. The Hall–Kier alpha value is -2.04. The highest BCUT2D eigenvalue weighted by Crippen LogP contribution is 2.19. The Morgan fingerprint density at radius 1 is 1.04 bits per heavy atom. The second kappa shape index (κ2) is 10.1. The van der Waals surface area contributed by atoms with Crippen molar-refractivity contribution in [3.05, 3.63) is 66.2 Å². The van der Waals surface area contributed by atoms with Gasteiger partial charge in [0, 0.05) is 5.92 Å². The van der Waals surface area contributed by atoms with Crippen LogP contribution in [0.4, 0.5) is 0 Å². The molecular formula is C20H25ClN2O2. The summed E-state index contributed by atoms with van der Waals surface area (Å²) in [5.74, 6) is 1.03. The van der Waals surface area contributed by atoms with E-state index in [0.717, 1.165) is 37.2 Å². The zero-order valence-electron chi connectivity index (χ0n) is 14.2. The van der Waals surface area contributed by atoms with Crippen LogP contribution in [0, 0.1) is 5.92 Å². The Labute approximate surface area is 155 Å². The van der Waals surface area contributed by atoms with Crippen molar-refractivity contribution in [2.24, 2.45) is 5.92 Å². The van der Waals surface area contributed by atoms with Crippen LogP contribution in [0.5, 0.6) is 5.75 Å². The van der Waals surface area contributed by atoms with E-state index in [0.29, 0.717) is 6.61 Å². The van der Waals surface area contributed by atoms with E-state index in [9.17, 15) is 4.79 Å². The van der Waals surface area contributed by atoms with Crippen LogP contribution >= 0.6 is 12.4 Å². The van der Waals surface area contributed by atoms with E-state index < -0.39 is 0 Å². The second-order valence-electron chi connectivity index (χ2n) is 6.12. The van der Waals surface area contributed by atoms with Crippen LogP contribution in [-0.2, 0) is 4.79 Å². The lowest BCUT2D eigenvalue weighted by Crippen LogP contribution is -2.41. The molecule has 0 aromatic heterocycles. The summed E-state index contributed by atoms with van der Waals surface area (Å²) < 4.78 is 5.88. The third kappa shape index (κ3) is 5.76. The number of para-hydroxylation sites is 1. The van der Waals surface area contributed by atoms with Crippen LogP contribution in [-0.4, -0.2) is 25.6 Å². The standard InChI is InChI=1S/C20H24N2O2.ClH/c23-20(17-11-13-21-14-12-17)22-19(16-7-3-1-4-8-16)15-24-18-9-5-2-6-10-18;/h1-10,17,19,21H,11-15H2,(H,22,23);1H. The number of amides is 1. The number of carbonyl (C=O) groups excluding carboxylic acids is 1. The van der Waals surface area contributed by atoms with Crippen molar-refractivity contribution >= 4 is 18.3 Å². The monoisotopic (exact) mass is 360 g/mol. The van der Waals surface area contributed by atoms with Gasteiger partial charge in [0.05, 0.1) is 6.04 Å². The Bertz CT molecular complexity index is 631. The van der Waals surface area contributed by atoms with Gasteiger partial charge in [-0.2, -0.15) is 0 Å². The topological polar surface area (TPSA) is 50.4 Å². The lowest BCUT2D eigenvalue weighted by Gasteiger charge is -2.26. The molecule has 1 fully saturated rings. The van der Waals surface area contributed by atoms with Gasteiger partial charge in [-0.15, -0.1) is 12.4 Å². The minimum absolute atomic E-state index is 0. The van der Waals surface area contributed by atoms with Gasteiger partial charge in [-0.25, -0.2) is 0 Å². The van der Waals surface area contributed by atoms with Gasteiger partial charge in [0.2, 0.25) is 5.91 Å². The predicted octanol–water partition coefficient (Wildman–Crippen LogP) is 3.34. The maximum Gasteiger partial charge on any atom is 0.223 e. The molecule has 0 radical (unpaired) electrons. The molecule has 1 heterocycles. The number of halogens is 1. The Balaban J connectivity index is 0.00000225. The lowest BCUT2D eigenvalue weighted by molar-refractivity contribution is -0.126. The average molecular weight is 361 g/mol. The van der Waals surface area contributed by atoms with Gasteiger partial charge in [-0.05, 0) is 43.6 Å². The molecule has 2 aromatic carbocycles. The average Bonchev–Trinajstić information content (AvgIpc) is 2.67. The molecule has 0 bridgehead atoms. The van der Waals surface area contributed by atoms with Crippen LogP contribution in [0.25, 0.3) is 0 Å². The van der Waals surface area contributed by atoms with Gasteiger partial charge >= 0.3 is 0 Å². The first kappa shape index (κ1) is 19.3. The number of carbonyl (C=O) groups is 1. The normalized spacial score (nSPS) is 15.7. The van der Waals surface area contributed by atoms with Crippen LogP contribution in [0.1, 0.15) is 24.4 Å². The van der Waals surface area contributed by atoms with Crippen molar-refractivity contribution in [3.63, 3.8) is 0 Å². The molecule has 1 aliphatic rings. The first-order valence-electron chi connectivity index (χ1n) is 8.57. The highest BCUT2D eigenvalue weighted by atomic mass is 35.5. The summed E-state index contributed by atoms with van der Waals surface area (Å²) in [6.45, 7) is 2.24. The molecule has 3 rings (SSSR count). The Kier molecular flexibility index (Phi) is 7.76. The third-order valence-corrected chi connectivity index (χ3v) is 4.39. The predicted molar refractivity (Wildman–Crippen MR) is 102 cm³/mol. The number of nitrogens with one attached hydrogen (secondary N) is 2. The van der Waals surface area contributed by atoms with Crippen molar-refractivity contribution in [1.82, 2.24) is 10.6 Å². The fraction of sp³-hybridized carbons (Fsp3) is 0.350. The molecule has 1 amide bonds. The molecule has 0 aliphatic carbocycles. The summed E-state index contributed by atoms with van der Waals surface area (Å²) in [6.07, 6.45) is 1.79. The first-order chi connectivity index (χ1) is 11.8. The van der Waals surface area contributed by atoms with Gasteiger partial charge in [0.1, 0.15) is 12.4 Å². The highest BCUT2D eigenvalue weighted by Gasteiger charge is 2.24. The second-order valence-corrected chi connectivity index (χ2v) is 6.12. The maximum atomic E-state index is 12.6. The minimum Gasteiger partial charge on any atom is -0.491 e. The molecule has 25 heavy (non-hydrogen) atoms. The molecule has 1 atom stereocenters. The molecular weight excluding hydrogens is 336 g/mol. The molecule has 1 aliphatic heterocycles. The zero-order chi connectivity index (χ0) is 16.6. The first-order valence-corrected chi connectivity index (χ1v) is 8.57. The summed E-state index contributed by atoms with van der Waals surface area (Å²) in [5, 5.41) is 6.48. The van der Waals surface area contributed by atoms with E-state index in [2.05, 4.69) is 10.6 Å². The van der Waals surface area contributed by atoms with Crippen LogP contribution in [0.15, 0.2) is 60.7 Å². The van der Waals surface area contributed by atoms with Gasteiger partial charge in [-0.3, -0.25) is 4.79 Å². The van der Waals surface area contributed by atoms with Gasteiger partial charge < -0.3 is 15.4 Å². The number of ether oxygens (including phenoxy) is 1. The molecule has 4 nitrogen and oxygen atoms in total. The van der Waals surface area contributed by atoms with Crippen LogP contribution in [0.2, 0.25) is 0 Å². The fourth-order valence-electron chi connectivity index (χ4n) is 2.98. The summed E-state index contributed by atoms with van der Waals surface area (Å²) >= 11 is 0. The molecule has 1 unspecified atom stereocenters. The van der Waals surface area contributed by atoms with Gasteiger partial charge in [-0.1, -0.05) is 48.5 Å². The van der Waals surface area contributed by atoms with E-state index in [1.165, 1.54) is 0 Å². The number of rotatable bonds is 6. The van der Waals surface area contributed by atoms with E-state index in [1.807, 2.05) is 60.7 Å². The van der Waals surface area contributed by atoms with Crippen molar-refractivity contribution < 1.29 is 9.53 Å². The van der Waals surface area contributed by atoms with Crippen molar-refractivity contribution in [2.45, 2.75) is 18.9 Å². The van der Waals surface area contributed by atoms with Crippen molar-refractivity contribution in [1.29, 1.82) is 0 Å². The van der Waals surface area contributed by atoms with Crippen molar-refractivity contribution in [3.8, 4) is 5.75 Å². The number of piperidine rings is 1. The third-order valence-electron chi connectivity index (χ3n) is 4.39. The summed E-state index contributed by atoms with van der Waals surface area (Å²) in [6, 6.07) is 19.6. The molecule has 2 aromatic rings. The summed E-state index contributed by atoms with van der Waals surface area (Å²) in [4.78, 5) is 12.6. The van der Waals surface area contributed by atoms with Crippen LogP contribution in [0.3, 0.4) is 0 Å². The molecule has 1 saturated heterocycles. The fourth-order valence-corrected chi connectivity index (χ4v) is 2.98. The van der Waals surface area contributed by atoms with Gasteiger partial charge in [0.15, 0.2) is 0 Å². The lowest BCUT2D eigenvalue weighted by atomic mass is 9.96. The molecule has 0 spiro atoms.